The number of carbonyl (C=O) groups is 1. The molecule has 1 aromatic heterocycles. The van der Waals surface area contributed by atoms with Gasteiger partial charge in [0.1, 0.15) is 5.82 Å². The fourth-order valence-electron chi connectivity index (χ4n) is 3.49. The fraction of sp³-hybridized carbons (Fsp3) is 0.476. The number of rotatable bonds is 6. The molecule has 7 nitrogen and oxygen atoms in total. The van der Waals surface area contributed by atoms with Gasteiger partial charge in [-0.1, -0.05) is 6.07 Å². The van der Waals surface area contributed by atoms with Gasteiger partial charge in [0.2, 0.25) is 5.95 Å². The summed E-state index contributed by atoms with van der Waals surface area (Å²) >= 11 is 0. The van der Waals surface area contributed by atoms with Crippen LogP contribution in [0.15, 0.2) is 24.3 Å². The smallest absolute Gasteiger partial charge is 0.319 e. The van der Waals surface area contributed by atoms with Crippen molar-refractivity contribution in [1.29, 1.82) is 0 Å². The highest BCUT2D eigenvalue weighted by atomic mass is 16.2. The van der Waals surface area contributed by atoms with Crippen molar-refractivity contribution in [3.8, 4) is 0 Å². The molecule has 0 atom stereocenters. The van der Waals surface area contributed by atoms with Gasteiger partial charge in [0.25, 0.3) is 0 Å². The summed E-state index contributed by atoms with van der Waals surface area (Å²) in [5.74, 6) is 1.59. The van der Waals surface area contributed by atoms with Gasteiger partial charge in [-0.2, -0.15) is 4.98 Å². The van der Waals surface area contributed by atoms with Crippen LogP contribution in [0.25, 0.3) is 0 Å². The van der Waals surface area contributed by atoms with Crippen LogP contribution in [0.1, 0.15) is 36.1 Å². The maximum atomic E-state index is 12.1. The lowest BCUT2D eigenvalue weighted by Crippen LogP contribution is -2.33. The zero-order chi connectivity index (χ0) is 19.9. The molecule has 1 aliphatic heterocycles. The monoisotopic (exact) mass is 382 g/mol. The second kappa shape index (κ2) is 9.39. The molecular formula is C21H30N6O. The Hall–Kier alpha value is -2.83. The SMILES string of the molecule is Cc1cc(C)cc(NC(=O)NCCNc2nc(C)cc(N3CCCCC3)n2)c1. The summed E-state index contributed by atoms with van der Waals surface area (Å²) < 4.78 is 0. The Bertz CT molecular complexity index is 796. The van der Waals surface area contributed by atoms with Gasteiger partial charge in [-0.15, -0.1) is 0 Å². The lowest BCUT2D eigenvalue weighted by atomic mass is 10.1. The zero-order valence-corrected chi connectivity index (χ0v) is 17.0. The predicted octanol–water partition coefficient (Wildman–Crippen LogP) is 3.63. The number of benzene rings is 1. The van der Waals surface area contributed by atoms with E-state index in [1.54, 1.807) is 0 Å². The zero-order valence-electron chi connectivity index (χ0n) is 17.0. The number of piperidine rings is 1. The predicted molar refractivity (Wildman–Crippen MR) is 114 cm³/mol. The number of urea groups is 1. The molecule has 7 heteroatoms. The normalized spacial score (nSPS) is 13.9. The summed E-state index contributed by atoms with van der Waals surface area (Å²) in [6.07, 6.45) is 3.72. The Morgan fingerprint density at radius 1 is 0.964 bits per heavy atom. The maximum Gasteiger partial charge on any atom is 0.319 e. The van der Waals surface area contributed by atoms with Crippen LogP contribution < -0.4 is 20.9 Å². The molecular weight excluding hydrogens is 352 g/mol. The first-order valence-electron chi connectivity index (χ1n) is 9.97. The van der Waals surface area contributed by atoms with Crippen molar-refractivity contribution >= 4 is 23.5 Å². The van der Waals surface area contributed by atoms with Crippen LogP contribution in [-0.4, -0.2) is 42.2 Å². The van der Waals surface area contributed by atoms with E-state index in [1.807, 2.05) is 39.0 Å². The average Bonchev–Trinajstić information content (AvgIpc) is 2.65. The number of anilines is 3. The Kier molecular flexibility index (Phi) is 6.68. The van der Waals surface area contributed by atoms with E-state index in [0.29, 0.717) is 19.0 Å². The molecule has 3 rings (SSSR count). The van der Waals surface area contributed by atoms with Gasteiger partial charge in [-0.25, -0.2) is 9.78 Å². The van der Waals surface area contributed by atoms with E-state index in [2.05, 4.69) is 36.9 Å². The van der Waals surface area contributed by atoms with Gasteiger partial charge in [0.15, 0.2) is 0 Å². The van der Waals surface area contributed by atoms with Crippen molar-refractivity contribution in [3.63, 3.8) is 0 Å². The highest BCUT2D eigenvalue weighted by molar-refractivity contribution is 5.89. The molecule has 0 spiro atoms. The van der Waals surface area contributed by atoms with E-state index in [0.717, 1.165) is 41.4 Å². The van der Waals surface area contributed by atoms with Gasteiger partial charge in [0, 0.05) is 43.6 Å². The number of aromatic nitrogens is 2. The standard InChI is InChI=1S/C21H30N6O/c1-15-11-16(2)13-18(12-15)25-21(28)23-8-7-22-20-24-17(3)14-19(26-20)27-9-5-4-6-10-27/h11-14H,4-10H2,1-3H3,(H,22,24,26)(H2,23,25,28). The molecule has 2 aromatic rings. The van der Waals surface area contributed by atoms with Crippen molar-refractivity contribution < 1.29 is 4.79 Å². The Morgan fingerprint density at radius 2 is 1.68 bits per heavy atom. The lowest BCUT2D eigenvalue weighted by molar-refractivity contribution is 0.252. The molecule has 0 unspecified atom stereocenters. The van der Waals surface area contributed by atoms with E-state index >= 15 is 0 Å². The molecule has 1 fully saturated rings. The molecule has 0 radical (unpaired) electrons. The first kappa shape index (κ1) is 19.9. The van der Waals surface area contributed by atoms with Crippen molar-refractivity contribution in [1.82, 2.24) is 15.3 Å². The highest BCUT2D eigenvalue weighted by Gasteiger charge is 2.13. The number of carbonyl (C=O) groups excluding carboxylic acids is 1. The Balaban J connectivity index is 1.46. The second-order valence-corrected chi connectivity index (χ2v) is 7.42. The molecule has 28 heavy (non-hydrogen) atoms. The first-order chi connectivity index (χ1) is 13.5. The third-order valence-electron chi connectivity index (χ3n) is 4.69. The molecule has 2 heterocycles. The summed E-state index contributed by atoms with van der Waals surface area (Å²) in [4.78, 5) is 23.5. The van der Waals surface area contributed by atoms with Crippen LogP contribution in [0.3, 0.4) is 0 Å². The Morgan fingerprint density at radius 3 is 2.39 bits per heavy atom. The summed E-state index contributed by atoms with van der Waals surface area (Å²) in [5, 5.41) is 8.93. The fourth-order valence-corrected chi connectivity index (χ4v) is 3.49. The largest absolute Gasteiger partial charge is 0.356 e. The maximum absolute atomic E-state index is 12.1. The summed E-state index contributed by atoms with van der Waals surface area (Å²) in [6, 6.07) is 7.80. The molecule has 1 aromatic carbocycles. The lowest BCUT2D eigenvalue weighted by Gasteiger charge is -2.28. The van der Waals surface area contributed by atoms with Gasteiger partial charge < -0.3 is 20.9 Å². The van der Waals surface area contributed by atoms with Crippen LogP contribution in [0.2, 0.25) is 0 Å². The second-order valence-electron chi connectivity index (χ2n) is 7.42. The molecule has 0 saturated carbocycles. The van der Waals surface area contributed by atoms with Gasteiger partial charge in [-0.05, 0) is 63.3 Å². The summed E-state index contributed by atoms with van der Waals surface area (Å²) in [7, 11) is 0. The number of hydrogen-bond acceptors (Lipinski definition) is 5. The third-order valence-corrected chi connectivity index (χ3v) is 4.69. The van der Waals surface area contributed by atoms with Crippen molar-refractivity contribution in [2.45, 2.75) is 40.0 Å². The van der Waals surface area contributed by atoms with Crippen molar-refractivity contribution in [2.24, 2.45) is 0 Å². The van der Waals surface area contributed by atoms with Crippen molar-refractivity contribution in [2.75, 3.05) is 41.7 Å². The first-order valence-corrected chi connectivity index (χ1v) is 9.97. The van der Waals surface area contributed by atoms with Crippen molar-refractivity contribution in [3.05, 3.63) is 41.1 Å². The van der Waals surface area contributed by atoms with Gasteiger partial charge in [-0.3, -0.25) is 0 Å². The van der Waals surface area contributed by atoms with Crippen LogP contribution in [0.4, 0.5) is 22.2 Å². The number of nitrogens with zero attached hydrogens (tertiary/aromatic N) is 3. The van der Waals surface area contributed by atoms with E-state index in [9.17, 15) is 4.79 Å². The van der Waals surface area contributed by atoms with Crippen LogP contribution in [0, 0.1) is 20.8 Å². The van der Waals surface area contributed by atoms with E-state index in [-0.39, 0.29) is 6.03 Å². The van der Waals surface area contributed by atoms with Crippen LogP contribution >= 0.6 is 0 Å². The molecule has 3 N–H and O–H groups in total. The topological polar surface area (TPSA) is 82.2 Å². The van der Waals surface area contributed by atoms with E-state index in [1.165, 1.54) is 19.3 Å². The highest BCUT2D eigenvalue weighted by Crippen LogP contribution is 2.19. The summed E-state index contributed by atoms with van der Waals surface area (Å²) in [5.41, 5.74) is 3.99. The van der Waals surface area contributed by atoms with E-state index < -0.39 is 0 Å². The van der Waals surface area contributed by atoms with Gasteiger partial charge >= 0.3 is 6.03 Å². The van der Waals surface area contributed by atoms with Crippen LogP contribution in [0.5, 0.6) is 0 Å². The minimum absolute atomic E-state index is 0.217. The molecule has 150 valence electrons. The molecule has 2 amide bonds. The molecule has 0 aliphatic carbocycles. The number of amides is 2. The van der Waals surface area contributed by atoms with Gasteiger partial charge in [0.05, 0.1) is 0 Å². The third kappa shape index (κ3) is 5.84. The quantitative estimate of drug-likeness (QED) is 0.665. The minimum atomic E-state index is -0.217. The van der Waals surface area contributed by atoms with Crippen LogP contribution in [-0.2, 0) is 0 Å². The molecule has 1 saturated heterocycles. The average molecular weight is 383 g/mol. The Labute approximate surface area is 167 Å². The number of hydrogen-bond donors (Lipinski definition) is 3. The molecule has 0 bridgehead atoms. The minimum Gasteiger partial charge on any atom is -0.356 e. The number of nitrogens with one attached hydrogen (secondary N) is 3. The van der Waals surface area contributed by atoms with E-state index in [4.69, 9.17) is 0 Å². The molecule has 1 aliphatic rings. The number of aryl methyl sites for hydroxylation is 3. The summed E-state index contributed by atoms with van der Waals surface area (Å²) in [6.45, 7) is 9.15.